The molecule has 104 valence electrons. The summed E-state index contributed by atoms with van der Waals surface area (Å²) in [4.78, 5) is 11.5. The summed E-state index contributed by atoms with van der Waals surface area (Å²) in [7, 11) is 0. The molecule has 0 N–H and O–H groups in total. The molecule has 1 aliphatic heterocycles. The van der Waals surface area contributed by atoms with Gasteiger partial charge < -0.3 is 4.74 Å². The highest BCUT2D eigenvalue weighted by atomic mass is 16.5. The number of cyclic esters (lactones) is 1. The van der Waals surface area contributed by atoms with Crippen LogP contribution in [0.25, 0.3) is 0 Å². The number of rotatable bonds is 0. The third-order valence-corrected chi connectivity index (χ3v) is 3.49. The largest absolute Gasteiger partial charge is 0.465 e. The first-order valence-electron chi connectivity index (χ1n) is 7.59. The summed E-state index contributed by atoms with van der Waals surface area (Å²) in [6.45, 7) is 2.71. The van der Waals surface area contributed by atoms with E-state index in [2.05, 4.69) is 19.1 Å². The van der Waals surface area contributed by atoms with Gasteiger partial charge in [-0.25, -0.2) is 0 Å². The molecule has 1 unspecified atom stereocenters. The number of carbonyl (C=O) groups excluding carboxylic acids is 1. The average Bonchev–Trinajstić information content (AvgIpc) is 2.36. The van der Waals surface area contributed by atoms with Gasteiger partial charge in [-0.2, -0.15) is 0 Å². The number of hydrogen-bond acceptors (Lipinski definition) is 2. The van der Waals surface area contributed by atoms with E-state index in [-0.39, 0.29) is 5.97 Å². The topological polar surface area (TPSA) is 26.3 Å². The van der Waals surface area contributed by atoms with Crippen molar-refractivity contribution in [2.75, 3.05) is 6.61 Å². The number of allylic oxidation sites excluding steroid dienone is 2. The number of hydrogen-bond donors (Lipinski definition) is 0. The van der Waals surface area contributed by atoms with Crippen molar-refractivity contribution >= 4 is 5.97 Å². The van der Waals surface area contributed by atoms with Gasteiger partial charge in [-0.05, 0) is 31.6 Å². The van der Waals surface area contributed by atoms with Gasteiger partial charge in [0.2, 0.25) is 0 Å². The van der Waals surface area contributed by atoms with Crippen LogP contribution in [0.5, 0.6) is 0 Å². The predicted molar refractivity (Wildman–Crippen MR) is 75.4 cm³/mol. The lowest BCUT2D eigenvalue weighted by Gasteiger charge is -2.10. The summed E-state index contributed by atoms with van der Waals surface area (Å²) in [5.41, 5.74) is 0. The van der Waals surface area contributed by atoms with E-state index in [0.717, 1.165) is 12.8 Å². The molecule has 1 rings (SSSR count). The van der Waals surface area contributed by atoms with Gasteiger partial charge in [-0.3, -0.25) is 4.79 Å². The van der Waals surface area contributed by atoms with Crippen molar-refractivity contribution in [3.63, 3.8) is 0 Å². The van der Waals surface area contributed by atoms with E-state index in [4.69, 9.17) is 4.74 Å². The molecule has 2 nitrogen and oxygen atoms in total. The second-order valence-electron chi connectivity index (χ2n) is 5.51. The summed E-state index contributed by atoms with van der Waals surface area (Å²) in [6, 6.07) is 0. The van der Waals surface area contributed by atoms with Crippen molar-refractivity contribution < 1.29 is 9.53 Å². The molecule has 18 heavy (non-hydrogen) atoms. The molecular weight excluding hydrogens is 224 g/mol. The first-order chi connectivity index (χ1) is 8.79. The Hall–Kier alpha value is -0.790. The van der Waals surface area contributed by atoms with E-state index < -0.39 is 0 Å². The van der Waals surface area contributed by atoms with Gasteiger partial charge in [0.15, 0.2) is 0 Å². The Labute approximate surface area is 112 Å². The minimum absolute atomic E-state index is 0.0158. The predicted octanol–water partition coefficient (Wildman–Crippen LogP) is 4.64. The zero-order chi connectivity index (χ0) is 13.1. The quantitative estimate of drug-likeness (QED) is 0.464. The van der Waals surface area contributed by atoms with Crippen LogP contribution in [0, 0.1) is 5.92 Å². The molecule has 0 amide bonds. The molecule has 0 aromatic heterocycles. The van der Waals surface area contributed by atoms with E-state index in [9.17, 15) is 4.79 Å². The molecule has 0 spiro atoms. The van der Waals surface area contributed by atoms with Crippen molar-refractivity contribution in [1.29, 1.82) is 0 Å². The van der Waals surface area contributed by atoms with Crippen LogP contribution < -0.4 is 0 Å². The SMILES string of the molecule is CC1CC=CCCCCCCCCCC(=O)OC1. The summed E-state index contributed by atoms with van der Waals surface area (Å²) >= 11 is 0. The Bertz CT molecular complexity index is 245. The van der Waals surface area contributed by atoms with Crippen molar-refractivity contribution in [3.05, 3.63) is 12.2 Å². The van der Waals surface area contributed by atoms with E-state index in [0.29, 0.717) is 18.9 Å². The zero-order valence-corrected chi connectivity index (χ0v) is 11.8. The first-order valence-corrected chi connectivity index (χ1v) is 7.59. The lowest BCUT2D eigenvalue weighted by molar-refractivity contribution is -0.145. The molecule has 0 aliphatic carbocycles. The van der Waals surface area contributed by atoms with Crippen LogP contribution in [0.4, 0.5) is 0 Å². The maximum absolute atomic E-state index is 11.5. The summed E-state index contributed by atoms with van der Waals surface area (Å²) in [5.74, 6) is 0.427. The Morgan fingerprint density at radius 2 is 1.67 bits per heavy atom. The monoisotopic (exact) mass is 252 g/mol. The minimum Gasteiger partial charge on any atom is -0.465 e. The van der Waals surface area contributed by atoms with Gasteiger partial charge >= 0.3 is 5.97 Å². The van der Waals surface area contributed by atoms with Crippen LogP contribution >= 0.6 is 0 Å². The lowest BCUT2D eigenvalue weighted by atomic mass is 10.1. The molecule has 1 heterocycles. The molecular formula is C16H28O2. The van der Waals surface area contributed by atoms with Crippen molar-refractivity contribution in [1.82, 2.24) is 0 Å². The molecule has 0 bridgehead atoms. The summed E-state index contributed by atoms with van der Waals surface area (Å²) < 4.78 is 5.28. The van der Waals surface area contributed by atoms with E-state index in [1.54, 1.807) is 0 Å². The summed E-state index contributed by atoms with van der Waals surface area (Å²) in [6.07, 6.45) is 16.1. The normalized spacial score (nSPS) is 25.6. The smallest absolute Gasteiger partial charge is 0.305 e. The highest BCUT2D eigenvalue weighted by Gasteiger charge is 2.06. The average molecular weight is 252 g/mol. The molecule has 1 atom stereocenters. The number of carbonyl (C=O) groups is 1. The molecule has 0 saturated heterocycles. The fourth-order valence-electron chi connectivity index (χ4n) is 2.24. The second-order valence-corrected chi connectivity index (χ2v) is 5.51. The Balaban J connectivity index is 2.29. The molecule has 0 aromatic carbocycles. The molecule has 1 aliphatic rings. The third-order valence-electron chi connectivity index (χ3n) is 3.49. The molecule has 0 aromatic rings. The van der Waals surface area contributed by atoms with Gasteiger partial charge in [-0.15, -0.1) is 0 Å². The Morgan fingerprint density at radius 3 is 2.44 bits per heavy atom. The van der Waals surface area contributed by atoms with Crippen LogP contribution in [-0.2, 0) is 9.53 Å². The highest BCUT2D eigenvalue weighted by Crippen LogP contribution is 2.12. The molecule has 2 heteroatoms. The fourth-order valence-corrected chi connectivity index (χ4v) is 2.24. The van der Waals surface area contributed by atoms with Gasteiger partial charge in [0, 0.05) is 6.42 Å². The highest BCUT2D eigenvalue weighted by molar-refractivity contribution is 5.69. The van der Waals surface area contributed by atoms with E-state index in [1.165, 1.54) is 44.9 Å². The van der Waals surface area contributed by atoms with Crippen LogP contribution in [0.15, 0.2) is 12.2 Å². The maximum atomic E-state index is 11.5. The maximum Gasteiger partial charge on any atom is 0.305 e. The van der Waals surface area contributed by atoms with Gasteiger partial charge in [0.1, 0.15) is 0 Å². The van der Waals surface area contributed by atoms with Gasteiger partial charge in [0.25, 0.3) is 0 Å². The van der Waals surface area contributed by atoms with E-state index >= 15 is 0 Å². The van der Waals surface area contributed by atoms with Crippen molar-refractivity contribution in [3.8, 4) is 0 Å². The first kappa shape index (κ1) is 15.3. The Kier molecular flexibility index (Phi) is 8.62. The summed E-state index contributed by atoms with van der Waals surface area (Å²) in [5, 5.41) is 0. The van der Waals surface area contributed by atoms with Gasteiger partial charge in [0.05, 0.1) is 6.61 Å². The molecule has 0 fully saturated rings. The third kappa shape index (κ3) is 8.32. The Morgan fingerprint density at radius 1 is 1.00 bits per heavy atom. The molecule has 0 saturated carbocycles. The van der Waals surface area contributed by atoms with Crippen LogP contribution in [0.1, 0.15) is 71.1 Å². The fraction of sp³-hybridized carbons (Fsp3) is 0.812. The molecule has 0 radical (unpaired) electrons. The number of esters is 1. The van der Waals surface area contributed by atoms with Crippen molar-refractivity contribution in [2.45, 2.75) is 71.1 Å². The van der Waals surface area contributed by atoms with Crippen LogP contribution in [-0.4, -0.2) is 12.6 Å². The van der Waals surface area contributed by atoms with Crippen LogP contribution in [0.3, 0.4) is 0 Å². The van der Waals surface area contributed by atoms with E-state index in [1.807, 2.05) is 0 Å². The standard InChI is InChI=1S/C16H28O2/c1-15-12-10-8-6-4-2-3-5-7-9-11-13-16(17)18-14-15/h8,10,15H,2-7,9,11-14H2,1H3. The zero-order valence-electron chi connectivity index (χ0n) is 11.8. The second kappa shape index (κ2) is 10.2. The van der Waals surface area contributed by atoms with Gasteiger partial charge in [-0.1, -0.05) is 51.2 Å². The minimum atomic E-state index is -0.0158. The number of ether oxygens (including phenoxy) is 1. The lowest BCUT2D eigenvalue weighted by Crippen LogP contribution is -2.11. The van der Waals surface area contributed by atoms with Crippen molar-refractivity contribution in [2.24, 2.45) is 5.92 Å². The van der Waals surface area contributed by atoms with Crippen LogP contribution in [0.2, 0.25) is 0 Å².